The fourth-order valence-electron chi connectivity index (χ4n) is 4.26. The fraction of sp³-hybridized carbons (Fsp3) is 0.500. The van der Waals surface area contributed by atoms with Gasteiger partial charge in [-0.15, -0.1) is 0 Å². The lowest BCUT2D eigenvalue weighted by Gasteiger charge is -2.50. The van der Waals surface area contributed by atoms with Crippen molar-refractivity contribution in [3.63, 3.8) is 0 Å². The number of rotatable bonds is 3. The Bertz CT molecular complexity index is 964. The number of likely N-dealkylation sites (tertiary alicyclic amines) is 1. The van der Waals surface area contributed by atoms with Gasteiger partial charge in [0.15, 0.2) is 11.5 Å². The number of carbonyl (C=O) groups is 2. The third-order valence-electron chi connectivity index (χ3n) is 6.19. The van der Waals surface area contributed by atoms with Crippen molar-refractivity contribution in [2.24, 2.45) is 0 Å². The number of aromatic nitrogens is 1. The third-order valence-corrected chi connectivity index (χ3v) is 6.19. The number of benzene rings is 1. The van der Waals surface area contributed by atoms with Crippen molar-refractivity contribution in [1.82, 2.24) is 15.4 Å². The first kappa shape index (κ1) is 21.5. The Morgan fingerprint density at radius 2 is 1.94 bits per heavy atom. The van der Waals surface area contributed by atoms with Gasteiger partial charge in [0.1, 0.15) is 11.4 Å². The molecule has 1 aromatic carbocycles. The quantitative estimate of drug-likeness (QED) is 0.772. The SMILES string of the molecule is CC(=O)N[C@H]1CC2(CCN(C(=O)c3cc(-c4ccc(F)cc4)on3)CC2)OC[C@]1(C)O. The smallest absolute Gasteiger partial charge is 0.276 e. The minimum atomic E-state index is -1.14. The summed E-state index contributed by atoms with van der Waals surface area (Å²) < 4.78 is 24.4. The molecule has 1 spiro atoms. The van der Waals surface area contributed by atoms with Crippen LogP contribution in [0.1, 0.15) is 43.6 Å². The van der Waals surface area contributed by atoms with E-state index in [4.69, 9.17) is 9.26 Å². The lowest BCUT2D eigenvalue weighted by molar-refractivity contribution is -0.191. The van der Waals surface area contributed by atoms with Crippen LogP contribution in [-0.4, -0.2) is 63.9 Å². The maximum Gasteiger partial charge on any atom is 0.276 e. The Balaban J connectivity index is 1.40. The first-order chi connectivity index (χ1) is 14.7. The number of amides is 2. The van der Waals surface area contributed by atoms with Gasteiger partial charge in [-0.25, -0.2) is 4.39 Å². The molecule has 3 heterocycles. The molecule has 166 valence electrons. The molecule has 9 heteroatoms. The summed E-state index contributed by atoms with van der Waals surface area (Å²) in [7, 11) is 0. The minimum absolute atomic E-state index is 0.121. The fourth-order valence-corrected chi connectivity index (χ4v) is 4.26. The molecule has 2 aliphatic heterocycles. The molecule has 2 atom stereocenters. The number of piperidine rings is 1. The van der Waals surface area contributed by atoms with Crippen LogP contribution < -0.4 is 5.32 Å². The lowest BCUT2D eigenvalue weighted by Crippen LogP contribution is -2.63. The van der Waals surface area contributed by atoms with Crippen LogP contribution >= 0.6 is 0 Å². The van der Waals surface area contributed by atoms with Crippen LogP contribution in [0.3, 0.4) is 0 Å². The van der Waals surface area contributed by atoms with Crippen molar-refractivity contribution in [3.05, 3.63) is 41.8 Å². The number of aliphatic hydroxyl groups is 1. The van der Waals surface area contributed by atoms with Crippen molar-refractivity contribution in [1.29, 1.82) is 0 Å². The summed E-state index contributed by atoms with van der Waals surface area (Å²) in [6, 6.07) is 6.92. The van der Waals surface area contributed by atoms with Crippen LogP contribution in [-0.2, 0) is 9.53 Å². The van der Waals surface area contributed by atoms with E-state index in [0.29, 0.717) is 43.7 Å². The summed E-state index contributed by atoms with van der Waals surface area (Å²) >= 11 is 0. The Hall–Kier alpha value is -2.78. The highest BCUT2D eigenvalue weighted by atomic mass is 19.1. The molecule has 1 aromatic heterocycles. The molecule has 2 amide bonds. The summed E-state index contributed by atoms with van der Waals surface area (Å²) in [6.07, 6.45) is 1.67. The molecule has 0 radical (unpaired) electrons. The number of hydrogen-bond donors (Lipinski definition) is 2. The van der Waals surface area contributed by atoms with Crippen LogP contribution in [0, 0.1) is 5.82 Å². The maximum absolute atomic E-state index is 13.1. The van der Waals surface area contributed by atoms with Gasteiger partial charge in [-0.3, -0.25) is 9.59 Å². The van der Waals surface area contributed by atoms with E-state index in [0.717, 1.165) is 0 Å². The van der Waals surface area contributed by atoms with Gasteiger partial charge in [0, 0.05) is 31.6 Å². The molecule has 0 bridgehead atoms. The molecular formula is C22H26FN3O5. The molecule has 2 aliphatic rings. The van der Waals surface area contributed by atoms with Gasteiger partial charge < -0.3 is 24.6 Å². The number of nitrogens with one attached hydrogen (secondary N) is 1. The van der Waals surface area contributed by atoms with Gasteiger partial charge >= 0.3 is 0 Å². The molecule has 8 nitrogen and oxygen atoms in total. The van der Waals surface area contributed by atoms with Crippen molar-refractivity contribution in [2.45, 2.75) is 50.4 Å². The number of hydrogen-bond acceptors (Lipinski definition) is 6. The number of ether oxygens (including phenoxy) is 1. The average Bonchev–Trinajstić information content (AvgIpc) is 3.22. The first-order valence-corrected chi connectivity index (χ1v) is 10.3. The molecule has 31 heavy (non-hydrogen) atoms. The maximum atomic E-state index is 13.1. The first-order valence-electron chi connectivity index (χ1n) is 10.3. The van der Waals surface area contributed by atoms with E-state index in [1.165, 1.54) is 19.1 Å². The number of nitrogens with zero attached hydrogens (tertiary/aromatic N) is 2. The number of halogens is 1. The molecule has 2 saturated heterocycles. The topological polar surface area (TPSA) is 105 Å². The van der Waals surface area contributed by atoms with Crippen LogP contribution in [0.2, 0.25) is 0 Å². The van der Waals surface area contributed by atoms with Crippen molar-refractivity contribution in [3.8, 4) is 11.3 Å². The van der Waals surface area contributed by atoms with Crippen molar-refractivity contribution >= 4 is 11.8 Å². The lowest BCUT2D eigenvalue weighted by atomic mass is 9.77. The van der Waals surface area contributed by atoms with E-state index in [-0.39, 0.29) is 29.9 Å². The highest BCUT2D eigenvalue weighted by Crippen LogP contribution is 2.38. The highest BCUT2D eigenvalue weighted by molar-refractivity contribution is 5.93. The Kier molecular flexibility index (Phi) is 5.57. The monoisotopic (exact) mass is 431 g/mol. The number of carbonyl (C=O) groups excluding carboxylic acids is 2. The highest BCUT2D eigenvalue weighted by Gasteiger charge is 2.49. The van der Waals surface area contributed by atoms with Crippen LogP contribution in [0.5, 0.6) is 0 Å². The third kappa shape index (κ3) is 4.47. The standard InChI is InChI=1S/C22H26FN3O5/c1-14(27)24-19-12-22(30-13-21(19,2)29)7-9-26(10-8-22)20(28)17-11-18(31-25-17)15-3-5-16(23)6-4-15/h3-6,11,19,29H,7-10,12-13H2,1-2H3,(H,24,27)/t19-,21-/m0/s1. The second-order valence-corrected chi connectivity index (χ2v) is 8.66. The van der Waals surface area contributed by atoms with Gasteiger partial charge in [-0.05, 0) is 50.5 Å². The summed E-state index contributed by atoms with van der Waals surface area (Å²) in [5, 5.41) is 17.3. The molecule has 0 saturated carbocycles. The molecule has 0 unspecified atom stereocenters. The molecule has 0 aliphatic carbocycles. The van der Waals surface area contributed by atoms with E-state index in [2.05, 4.69) is 10.5 Å². The Labute approximate surface area is 179 Å². The second kappa shape index (κ2) is 8.05. The van der Waals surface area contributed by atoms with E-state index >= 15 is 0 Å². The summed E-state index contributed by atoms with van der Waals surface area (Å²) in [5.41, 5.74) is -0.799. The predicted molar refractivity (Wildman–Crippen MR) is 109 cm³/mol. The van der Waals surface area contributed by atoms with Gasteiger partial charge in [-0.2, -0.15) is 0 Å². The van der Waals surface area contributed by atoms with Crippen LogP contribution in [0.25, 0.3) is 11.3 Å². The molecule has 2 aromatic rings. The molecule has 2 fully saturated rings. The summed E-state index contributed by atoms with van der Waals surface area (Å²) in [5.74, 6) is -0.395. The van der Waals surface area contributed by atoms with Gasteiger partial charge in [-0.1, -0.05) is 5.16 Å². The summed E-state index contributed by atoms with van der Waals surface area (Å²) in [4.78, 5) is 26.1. The Morgan fingerprint density at radius 1 is 1.26 bits per heavy atom. The zero-order chi connectivity index (χ0) is 22.2. The van der Waals surface area contributed by atoms with Gasteiger partial charge in [0.25, 0.3) is 5.91 Å². The van der Waals surface area contributed by atoms with E-state index in [1.54, 1.807) is 30.0 Å². The molecule has 4 rings (SSSR count). The minimum Gasteiger partial charge on any atom is -0.386 e. The van der Waals surface area contributed by atoms with Crippen LogP contribution in [0.4, 0.5) is 4.39 Å². The molecule has 2 N–H and O–H groups in total. The Morgan fingerprint density at radius 3 is 2.58 bits per heavy atom. The normalized spacial score (nSPS) is 25.4. The van der Waals surface area contributed by atoms with Crippen LogP contribution in [0.15, 0.2) is 34.9 Å². The van der Waals surface area contributed by atoms with Gasteiger partial charge in [0.2, 0.25) is 5.91 Å². The van der Waals surface area contributed by atoms with E-state index in [9.17, 15) is 19.1 Å². The van der Waals surface area contributed by atoms with Gasteiger partial charge in [0.05, 0.1) is 18.2 Å². The van der Waals surface area contributed by atoms with Crippen molar-refractivity contribution in [2.75, 3.05) is 19.7 Å². The average molecular weight is 431 g/mol. The largest absolute Gasteiger partial charge is 0.386 e. The molecular weight excluding hydrogens is 405 g/mol. The zero-order valence-corrected chi connectivity index (χ0v) is 17.6. The summed E-state index contributed by atoms with van der Waals surface area (Å²) in [6.45, 7) is 4.13. The van der Waals surface area contributed by atoms with E-state index < -0.39 is 17.2 Å². The predicted octanol–water partition coefficient (Wildman–Crippen LogP) is 2.13. The zero-order valence-electron chi connectivity index (χ0n) is 17.6. The van der Waals surface area contributed by atoms with Crippen molar-refractivity contribution < 1.29 is 28.3 Å². The van der Waals surface area contributed by atoms with E-state index in [1.807, 2.05) is 0 Å². The second-order valence-electron chi connectivity index (χ2n) is 8.66.